The van der Waals surface area contributed by atoms with Gasteiger partial charge >= 0.3 is 0 Å². The molecule has 2 fully saturated rings. The van der Waals surface area contributed by atoms with Crippen LogP contribution in [0.15, 0.2) is 0 Å². The van der Waals surface area contributed by atoms with Gasteiger partial charge in [-0.25, -0.2) is 9.97 Å². The van der Waals surface area contributed by atoms with E-state index in [1.54, 1.807) is 6.92 Å². The number of carbonyl (C=O) groups excluding carboxylic acids is 2. The van der Waals surface area contributed by atoms with E-state index in [9.17, 15) is 9.59 Å². The van der Waals surface area contributed by atoms with Crippen molar-refractivity contribution in [3.63, 3.8) is 0 Å². The average Bonchev–Trinajstić information content (AvgIpc) is 3.36. The van der Waals surface area contributed by atoms with E-state index in [4.69, 9.17) is 9.97 Å². The van der Waals surface area contributed by atoms with Gasteiger partial charge in [0.25, 0.3) is 0 Å². The zero-order valence-electron chi connectivity index (χ0n) is 19.9. The van der Waals surface area contributed by atoms with Gasteiger partial charge in [0.15, 0.2) is 0 Å². The van der Waals surface area contributed by atoms with Gasteiger partial charge < -0.3 is 20.0 Å². The highest BCUT2D eigenvalue weighted by Gasteiger charge is 2.29. The highest BCUT2D eigenvalue weighted by molar-refractivity contribution is 5.76. The molecule has 176 valence electrons. The normalized spacial score (nSPS) is 20.8. The molecule has 4 heterocycles. The monoisotopic (exact) mass is 442 g/mol. The highest BCUT2D eigenvalue weighted by Crippen LogP contribution is 2.31. The number of hydrogen-bond acceptors (Lipinski definition) is 6. The second kappa shape index (κ2) is 10.1. The van der Waals surface area contributed by atoms with Crippen molar-refractivity contribution in [2.24, 2.45) is 0 Å². The van der Waals surface area contributed by atoms with Crippen LogP contribution in [-0.2, 0) is 22.6 Å². The van der Waals surface area contributed by atoms with Gasteiger partial charge in [0, 0.05) is 64.0 Å². The minimum atomic E-state index is 0.0913. The zero-order chi connectivity index (χ0) is 22.7. The van der Waals surface area contributed by atoms with E-state index >= 15 is 0 Å². The second-order valence-corrected chi connectivity index (χ2v) is 9.58. The van der Waals surface area contributed by atoms with Gasteiger partial charge in [0.1, 0.15) is 11.6 Å². The molecule has 8 nitrogen and oxygen atoms in total. The first-order chi connectivity index (χ1) is 15.5. The van der Waals surface area contributed by atoms with Crippen LogP contribution in [0.4, 0.5) is 5.82 Å². The van der Waals surface area contributed by atoms with Crippen molar-refractivity contribution in [1.29, 1.82) is 0 Å². The van der Waals surface area contributed by atoms with E-state index in [0.29, 0.717) is 31.5 Å². The van der Waals surface area contributed by atoms with Gasteiger partial charge in [-0.2, -0.15) is 0 Å². The standard InChI is InChI=1S/C24H38N6O2/c1-17(28-11-4-5-12-28)6-7-22(32)29-13-8-19(9-14-29)23-26-21-10-15-30(18(2)31)16-20(21)24(25-3)27-23/h17,19H,4-16H2,1-3H3,(H,25,26,27). The number of hydrogen-bond donors (Lipinski definition) is 1. The fraction of sp³-hybridized carbons (Fsp3) is 0.750. The molecule has 1 aromatic heterocycles. The maximum absolute atomic E-state index is 12.8. The molecule has 1 N–H and O–H groups in total. The SMILES string of the molecule is CNc1nc(C2CCN(C(=O)CCC(C)N3CCCC3)CC2)nc2c1CN(C(C)=O)CC2. The van der Waals surface area contributed by atoms with Gasteiger partial charge in [-0.3, -0.25) is 9.59 Å². The number of piperidine rings is 1. The molecule has 3 aliphatic rings. The maximum Gasteiger partial charge on any atom is 0.222 e. The predicted molar refractivity (Wildman–Crippen MR) is 124 cm³/mol. The number of rotatable bonds is 6. The predicted octanol–water partition coefficient (Wildman–Crippen LogP) is 2.39. The molecule has 3 aliphatic heterocycles. The van der Waals surface area contributed by atoms with Crippen LogP contribution in [0.25, 0.3) is 0 Å². The Morgan fingerprint density at radius 1 is 1.06 bits per heavy atom. The third kappa shape index (κ3) is 5.05. The van der Waals surface area contributed by atoms with Crippen LogP contribution in [0.1, 0.15) is 75.4 Å². The number of amides is 2. The summed E-state index contributed by atoms with van der Waals surface area (Å²) in [6.45, 7) is 9.10. The summed E-state index contributed by atoms with van der Waals surface area (Å²) in [5.41, 5.74) is 2.10. The minimum Gasteiger partial charge on any atom is -0.373 e. The third-order valence-electron chi connectivity index (χ3n) is 7.51. The fourth-order valence-corrected chi connectivity index (χ4v) is 5.33. The van der Waals surface area contributed by atoms with Crippen molar-refractivity contribution in [3.05, 3.63) is 17.1 Å². The van der Waals surface area contributed by atoms with Gasteiger partial charge in [0.2, 0.25) is 11.8 Å². The van der Waals surface area contributed by atoms with E-state index in [2.05, 4.69) is 17.1 Å². The third-order valence-corrected chi connectivity index (χ3v) is 7.51. The second-order valence-electron chi connectivity index (χ2n) is 9.58. The zero-order valence-corrected chi connectivity index (χ0v) is 19.9. The summed E-state index contributed by atoms with van der Waals surface area (Å²) in [6, 6.07) is 0.502. The average molecular weight is 443 g/mol. The molecule has 0 saturated carbocycles. The Balaban J connectivity index is 1.33. The lowest BCUT2D eigenvalue weighted by molar-refractivity contribution is -0.132. The number of nitrogens with zero attached hydrogens (tertiary/aromatic N) is 5. The van der Waals surface area contributed by atoms with Crippen LogP contribution in [-0.4, -0.2) is 82.3 Å². The minimum absolute atomic E-state index is 0.0913. The first kappa shape index (κ1) is 23.0. The lowest BCUT2D eigenvalue weighted by atomic mass is 9.94. The van der Waals surface area contributed by atoms with E-state index in [0.717, 1.165) is 61.7 Å². The summed E-state index contributed by atoms with van der Waals surface area (Å²) >= 11 is 0. The van der Waals surface area contributed by atoms with Crippen LogP contribution in [0.5, 0.6) is 0 Å². The molecule has 1 aromatic rings. The lowest BCUT2D eigenvalue weighted by Gasteiger charge is -2.33. The largest absolute Gasteiger partial charge is 0.373 e. The van der Waals surface area contributed by atoms with E-state index < -0.39 is 0 Å². The molecular formula is C24H38N6O2. The highest BCUT2D eigenvalue weighted by atomic mass is 16.2. The van der Waals surface area contributed by atoms with Crippen LogP contribution >= 0.6 is 0 Å². The molecule has 2 amide bonds. The Bertz CT molecular complexity index is 813. The topological polar surface area (TPSA) is 81.7 Å². The molecule has 2 saturated heterocycles. The lowest BCUT2D eigenvalue weighted by Crippen LogP contribution is -2.39. The Morgan fingerprint density at radius 2 is 1.78 bits per heavy atom. The van der Waals surface area contributed by atoms with Gasteiger partial charge in [-0.1, -0.05) is 0 Å². The van der Waals surface area contributed by atoms with Crippen molar-refractivity contribution in [1.82, 2.24) is 24.7 Å². The number of carbonyl (C=O) groups is 2. The number of fused-ring (bicyclic) bond motifs is 1. The number of anilines is 1. The summed E-state index contributed by atoms with van der Waals surface area (Å²) in [4.78, 5) is 40.7. The smallest absolute Gasteiger partial charge is 0.222 e. The van der Waals surface area contributed by atoms with Crippen molar-refractivity contribution in [2.75, 3.05) is 45.1 Å². The van der Waals surface area contributed by atoms with Crippen LogP contribution < -0.4 is 5.32 Å². The van der Waals surface area contributed by atoms with Gasteiger partial charge in [-0.05, 0) is 52.1 Å². The maximum atomic E-state index is 12.8. The number of aromatic nitrogens is 2. The van der Waals surface area contributed by atoms with Crippen LogP contribution in [0.2, 0.25) is 0 Å². The Morgan fingerprint density at radius 3 is 2.44 bits per heavy atom. The Labute approximate surface area is 191 Å². The van der Waals surface area contributed by atoms with Crippen molar-refractivity contribution < 1.29 is 9.59 Å². The fourth-order valence-electron chi connectivity index (χ4n) is 5.33. The first-order valence-electron chi connectivity index (χ1n) is 12.3. The summed E-state index contributed by atoms with van der Waals surface area (Å²) in [6.07, 6.45) is 6.78. The molecule has 4 rings (SSSR count). The van der Waals surface area contributed by atoms with Crippen LogP contribution in [0.3, 0.4) is 0 Å². The molecule has 0 aromatic carbocycles. The molecule has 0 spiro atoms. The first-order valence-corrected chi connectivity index (χ1v) is 12.3. The Kier molecular flexibility index (Phi) is 7.28. The molecule has 1 atom stereocenters. The van der Waals surface area contributed by atoms with Crippen molar-refractivity contribution >= 4 is 17.6 Å². The van der Waals surface area contributed by atoms with Gasteiger partial charge in [-0.15, -0.1) is 0 Å². The Hall–Kier alpha value is -2.22. The molecule has 0 bridgehead atoms. The summed E-state index contributed by atoms with van der Waals surface area (Å²) in [5, 5.41) is 3.21. The van der Waals surface area contributed by atoms with E-state index in [1.165, 1.54) is 25.9 Å². The number of likely N-dealkylation sites (tertiary alicyclic amines) is 2. The molecule has 0 aliphatic carbocycles. The van der Waals surface area contributed by atoms with E-state index in [-0.39, 0.29) is 11.8 Å². The number of nitrogens with one attached hydrogen (secondary N) is 1. The summed E-state index contributed by atoms with van der Waals surface area (Å²) in [7, 11) is 1.88. The molecule has 1 unspecified atom stereocenters. The summed E-state index contributed by atoms with van der Waals surface area (Å²) < 4.78 is 0. The quantitative estimate of drug-likeness (QED) is 0.729. The molecular weight excluding hydrogens is 404 g/mol. The van der Waals surface area contributed by atoms with E-state index in [1.807, 2.05) is 16.8 Å². The van der Waals surface area contributed by atoms with Crippen LogP contribution in [0, 0.1) is 0 Å². The van der Waals surface area contributed by atoms with Gasteiger partial charge in [0.05, 0.1) is 12.2 Å². The molecule has 8 heteroatoms. The molecule has 32 heavy (non-hydrogen) atoms. The van der Waals surface area contributed by atoms with Crippen molar-refractivity contribution in [3.8, 4) is 0 Å². The molecule has 0 radical (unpaired) electrons. The van der Waals surface area contributed by atoms with Crippen molar-refractivity contribution in [2.45, 2.75) is 77.3 Å². The summed E-state index contributed by atoms with van der Waals surface area (Å²) in [5.74, 6) is 2.39.